The van der Waals surface area contributed by atoms with Gasteiger partial charge in [-0.3, -0.25) is 0 Å². The first kappa shape index (κ1) is 12.7. The molecule has 0 aliphatic rings. The van der Waals surface area contributed by atoms with E-state index in [4.69, 9.17) is 0 Å². The molecule has 0 aliphatic heterocycles. The van der Waals surface area contributed by atoms with Crippen LogP contribution in [0.5, 0.6) is 0 Å². The summed E-state index contributed by atoms with van der Waals surface area (Å²) in [4.78, 5) is 12.6. The Hall–Kier alpha value is -1.74. The van der Waals surface area contributed by atoms with E-state index in [1.807, 2.05) is 24.3 Å². The number of ether oxygens (including phenoxy) is 1. The fraction of sp³-hybridized carbons (Fsp3) is 0.133. The van der Waals surface area contributed by atoms with Crippen molar-refractivity contribution in [1.82, 2.24) is 0 Å². The van der Waals surface area contributed by atoms with Gasteiger partial charge in [-0.25, -0.2) is 4.79 Å². The van der Waals surface area contributed by atoms with Gasteiger partial charge in [0.1, 0.15) is 0 Å². The Morgan fingerprint density at radius 1 is 1.06 bits per heavy atom. The molecule has 2 aromatic rings. The first-order chi connectivity index (χ1) is 8.76. The highest BCUT2D eigenvalue weighted by molar-refractivity contribution is 7.98. The van der Waals surface area contributed by atoms with E-state index in [9.17, 15) is 4.79 Å². The zero-order chi connectivity index (χ0) is 13.0. The second-order valence-corrected chi connectivity index (χ2v) is 4.62. The van der Waals surface area contributed by atoms with Crippen molar-refractivity contribution >= 4 is 17.7 Å². The summed E-state index contributed by atoms with van der Waals surface area (Å²) in [6.07, 6.45) is 2.06. The summed E-state index contributed by atoms with van der Waals surface area (Å²) in [6.45, 7) is 0. The molecule has 18 heavy (non-hydrogen) atoms. The second kappa shape index (κ2) is 5.74. The minimum absolute atomic E-state index is 0.306. The summed E-state index contributed by atoms with van der Waals surface area (Å²) in [5.74, 6) is -0.306. The van der Waals surface area contributed by atoms with Gasteiger partial charge in [0.05, 0.1) is 12.7 Å². The average Bonchev–Trinajstić information content (AvgIpc) is 2.46. The summed E-state index contributed by atoms with van der Waals surface area (Å²) in [5, 5.41) is 0. The Kier molecular flexibility index (Phi) is 4.05. The molecule has 0 saturated heterocycles. The van der Waals surface area contributed by atoms with Crippen LogP contribution in [0.4, 0.5) is 0 Å². The van der Waals surface area contributed by atoms with Crippen molar-refractivity contribution in [2.24, 2.45) is 0 Å². The van der Waals surface area contributed by atoms with Gasteiger partial charge in [-0.1, -0.05) is 30.3 Å². The van der Waals surface area contributed by atoms with Crippen molar-refractivity contribution < 1.29 is 9.53 Å². The van der Waals surface area contributed by atoms with Crippen LogP contribution in [0.1, 0.15) is 10.4 Å². The van der Waals surface area contributed by atoms with Crippen molar-refractivity contribution in [2.75, 3.05) is 13.4 Å². The van der Waals surface area contributed by atoms with Gasteiger partial charge >= 0.3 is 5.97 Å². The van der Waals surface area contributed by atoms with E-state index < -0.39 is 0 Å². The quantitative estimate of drug-likeness (QED) is 0.617. The van der Waals surface area contributed by atoms with E-state index in [1.165, 1.54) is 17.6 Å². The highest BCUT2D eigenvalue weighted by Crippen LogP contribution is 2.29. The van der Waals surface area contributed by atoms with E-state index in [2.05, 4.69) is 23.1 Å². The first-order valence-electron chi connectivity index (χ1n) is 5.58. The zero-order valence-corrected chi connectivity index (χ0v) is 11.2. The number of hydrogen-bond acceptors (Lipinski definition) is 3. The fourth-order valence-electron chi connectivity index (χ4n) is 1.79. The maximum absolute atomic E-state index is 11.4. The van der Waals surface area contributed by atoms with E-state index in [0.29, 0.717) is 5.56 Å². The monoisotopic (exact) mass is 258 g/mol. The molecular formula is C15H14O2S. The van der Waals surface area contributed by atoms with Crippen LogP contribution in [0.25, 0.3) is 11.1 Å². The molecule has 0 unspecified atom stereocenters. The largest absolute Gasteiger partial charge is 0.465 e. The molecule has 0 aliphatic carbocycles. The molecule has 0 radical (unpaired) electrons. The third kappa shape index (κ3) is 2.57. The summed E-state index contributed by atoms with van der Waals surface area (Å²) in [7, 11) is 1.39. The van der Waals surface area contributed by atoms with Crippen LogP contribution in [0, 0.1) is 0 Å². The zero-order valence-electron chi connectivity index (χ0n) is 10.3. The molecule has 92 valence electrons. The SMILES string of the molecule is COC(=O)c1ccc(-c2ccccc2SC)cc1. The lowest BCUT2D eigenvalue weighted by Gasteiger charge is -2.07. The normalized spacial score (nSPS) is 10.1. The molecule has 0 bridgehead atoms. The molecule has 0 atom stereocenters. The molecule has 2 aromatic carbocycles. The molecule has 0 N–H and O–H groups in total. The molecular weight excluding hydrogens is 244 g/mol. The Morgan fingerprint density at radius 2 is 1.72 bits per heavy atom. The second-order valence-electron chi connectivity index (χ2n) is 3.77. The summed E-state index contributed by atoms with van der Waals surface area (Å²) in [6, 6.07) is 15.7. The minimum Gasteiger partial charge on any atom is -0.465 e. The van der Waals surface area contributed by atoms with E-state index in [0.717, 1.165) is 5.56 Å². The van der Waals surface area contributed by atoms with Gasteiger partial charge in [0.2, 0.25) is 0 Å². The number of thioether (sulfide) groups is 1. The number of carbonyl (C=O) groups excluding carboxylic acids is 1. The van der Waals surface area contributed by atoms with Gasteiger partial charge in [0.15, 0.2) is 0 Å². The topological polar surface area (TPSA) is 26.3 Å². The molecule has 2 rings (SSSR count). The lowest BCUT2D eigenvalue weighted by molar-refractivity contribution is 0.0601. The van der Waals surface area contributed by atoms with Crippen LogP contribution in [-0.2, 0) is 4.74 Å². The van der Waals surface area contributed by atoms with E-state index in [-0.39, 0.29) is 5.97 Å². The van der Waals surface area contributed by atoms with Gasteiger partial charge in [-0.15, -0.1) is 11.8 Å². The first-order valence-corrected chi connectivity index (χ1v) is 6.80. The summed E-state index contributed by atoms with van der Waals surface area (Å²) >= 11 is 1.71. The van der Waals surface area contributed by atoms with E-state index >= 15 is 0 Å². The lowest BCUT2D eigenvalue weighted by Crippen LogP contribution is -2.00. The molecule has 0 saturated carbocycles. The Bertz CT molecular complexity index is 547. The Labute approximate surface area is 111 Å². The predicted molar refractivity (Wildman–Crippen MR) is 75.0 cm³/mol. The van der Waals surface area contributed by atoms with Gasteiger partial charge in [-0.2, -0.15) is 0 Å². The van der Waals surface area contributed by atoms with Gasteiger partial charge < -0.3 is 4.74 Å². The number of esters is 1. The standard InChI is InChI=1S/C15H14O2S/c1-17-15(16)12-9-7-11(8-10-12)13-5-3-4-6-14(13)18-2/h3-10H,1-2H3. The lowest BCUT2D eigenvalue weighted by atomic mass is 10.0. The number of rotatable bonds is 3. The molecule has 0 amide bonds. The van der Waals surface area contributed by atoms with Crippen molar-refractivity contribution in [3.8, 4) is 11.1 Å². The molecule has 0 fully saturated rings. The third-order valence-electron chi connectivity index (χ3n) is 2.72. The van der Waals surface area contributed by atoms with Crippen molar-refractivity contribution in [3.63, 3.8) is 0 Å². The smallest absolute Gasteiger partial charge is 0.337 e. The van der Waals surface area contributed by atoms with Crippen LogP contribution < -0.4 is 0 Å². The molecule has 0 aromatic heterocycles. The predicted octanol–water partition coefficient (Wildman–Crippen LogP) is 3.86. The van der Waals surface area contributed by atoms with Crippen molar-refractivity contribution in [2.45, 2.75) is 4.90 Å². The van der Waals surface area contributed by atoms with E-state index in [1.54, 1.807) is 23.9 Å². The number of methoxy groups -OCH3 is 1. The van der Waals surface area contributed by atoms with Crippen LogP contribution >= 0.6 is 11.8 Å². The maximum Gasteiger partial charge on any atom is 0.337 e. The third-order valence-corrected chi connectivity index (χ3v) is 3.52. The molecule has 2 nitrogen and oxygen atoms in total. The highest BCUT2D eigenvalue weighted by Gasteiger charge is 2.07. The van der Waals surface area contributed by atoms with Crippen LogP contribution in [0.15, 0.2) is 53.4 Å². The van der Waals surface area contributed by atoms with Crippen LogP contribution in [0.2, 0.25) is 0 Å². The number of hydrogen-bond donors (Lipinski definition) is 0. The minimum atomic E-state index is -0.306. The fourth-order valence-corrected chi connectivity index (χ4v) is 2.41. The van der Waals surface area contributed by atoms with Crippen molar-refractivity contribution in [3.05, 3.63) is 54.1 Å². The maximum atomic E-state index is 11.4. The number of carbonyl (C=O) groups is 1. The molecule has 0 heterocycles. The highest BCUT2D eigenvalue weighted by atomic mass is 32.2. The molecule has 0 spiro atoms. The average molecular weight is 258 g/mol. The molecule has 3 heteroatoms. The van der Waals surface area contributed by atoms with Gasteiger partial charge in [-0.05, 0) is 35.6 Å². The van der Waals surface area contributed by atoms with Gasteiger partial charge in [0.25, 0.3) is 0 Å². The van der Waals surface area contributed by atoms with Crippen LogP contribution in [0.3, 0.4) is 0 Å². The summed E-state index contributed by atoms with van der Waals surface area (Å²) in [5.41, 5.74) is 2.86. The Morgan fingerprint density at radius 3 is 2.33 bits per heavy atom. The summed E-state index contributed by atoms with van der Waals surface area (Å²) < 4.78 is 4.68. The van der Waals surface area contributed by atoms with Gasteiger partial charge in [0, 0.05) is 4.90 Å². The van der Waals surface area contributed by atoms with Crippen LogP contribution in [-0.4, -0.2) is 19.3 Å². The van der Waals surface area contributed by atoms with Crippen molar-refractivity contribution in [1.29, 1.82) is 0 Å². The number of benzene rings is 2. The Balaban J connectivity index is 2.37.